The third kappa shape index (κ3) is 2.08. The predicted molar refractivity (Wildman–Crippen MR) is 66.4 cm³/mol. The van der Waals surface area contributed by atoms with Crippen molar-refractivity contribution in [1.29, 1.82) is 0 Å². The van der Waals surface area contributed by atoms with E-state index < -0.39 is 0 Å². The number of anilines is 1. The Morgan fingerprint density at radius 2 is 1.88 bits per heavy atom. The Balaban J connectivity index is 2.23. The molecule has 0 atom stereocenters. The SMILES string of the molecule is Cc1ccc(Cn2cc(C)c(N)n2)cc1C. The summed E-state index contributed by atoms with van der Waals surface area (Å²) in [5.41, 5.74) is 10.6. The third-order valence-electron chi connectivity index (χ3n) is 2.90. The van der Waals surface area contributed by atoms with E-state index in [0.717, 1.165) is 12.1 Å². The molecule has 3 nitrogen and oxygen atoms in total. The lowest BCUT2D eigenvalue weighted by molar-refractivity contribution is 0.689. The van der Waals surface area contributed by atoms with Crippen LogP contribution in [0, 0.1) is 20.8 Å². The molecule has 3 heteroatoms. The molecular formula is C13H17N3. The molecule has 2 N–H and O–H groups in total. The first-order chi connectivity index (χ1) is 7.56. The number of rotatable bonds is 2. The lowest BCUT2D eigenvalue weighted by Crippen LogP contribution is -2.01. The Labute approximate surface area is 95.9 Å². The van der Waals surface area contributed by atoms with Gasteiger partial charge in [0.25, 0.3) is 0 Å². The first-order valence-corrected chi connectivity index (χ1v) is 5.42. The fourth-order valence-electron chi connectivity index (χ4n) is 1.71. The fourth-order valence-corrected chi connectivity index (χ4v) is 1.71. The van der Waals surface area contributed by atoms with Gasteiger partial charge in [0.1, 0.15) is 5.82 Å². The van der Waals surface area contributed by atoms with Crippen LogP contribution in [0.4, 0.5) is 5.82 Å². The smallest absolute Gasteiger partial charge is 0.148 e. The molecule has 0 aliphatic rings. The Kier molecular flexibility index (Phi) is 2.69. The molecule has 0 fully saturated rings. The van der Waals surface area contributed by atoms with Crippen LogP contribution in [0.5, 0.6) is 0 Å². The number of nitrogens with zero attached hydrogens (tertiary/aromatic N) is 2. The summed E-state index contributed by atoms with van der Waals surface area (Å²) < 4.78 is 1.88. The molecule has 2 rings (SSSR count). The number of aromatic nitrogens is 2. The summed E-state index contributed by atoms with van der Waals surface area (Å²) in [7, 11) is 0. The van der Waals surface area contributed by atoms with Crippen molar-refractivity contribution in [3.05, 3.63) is 46.6 Å². The van der Waals surface area contributed by atoms with Gasteiger partial charge in [0.05, 0.1) is 6.54 Å². The highest BCUT2D eigenvalue weighted by Crippen LogP contribution is 2.12. The van der Waals surface area contributed by atoms with Crippen LogP contribution < -0.4 is 5.73 Å². The lowest BCUT2D eigenvalue weighted by atomic mass is 10.1. The Hall–Kier alpha value is -1.77. The van der Waals surface area contributed by atoms with Crippen LogP contribution in [-0.2, 0) is 6.54 Å². The normalized spacial score (nSPS) is 10.7. The summed E-state index contributed by atoms with van der Waals surface area (Å²) in [6, 6.07) is 6.47. The van der Waals surface area contributed by atoms with Gasteiger partial charge in [-0.15, -0.1) is 0 Å². The maximum atomic E-state index is 5.72. The number of hydrogen-bond donors (Lipinski definition) is 1. The molecule has 0 saturated heterocycles. The first kappa shape index (κ1) is 10.7. The molecule has 0 aliphatic carbocycles. The minimum atomic E-state index is 0.615. The van der Waals surface area contributed by atoms with Gasteiger partial charge in [0.15, 0.2) is 0 Å². The van der Waals surface area contributed by atoms with E-state index in [1.54, 1.807) is 0 Å². The molecule has 0 spiro atoms. The molecule has 0 amide bonds. The van der Waals surface area contributed by atoms with Crippen molar-refractivity contribution in [3.8, 4) is 0 Å². The van der Waals surface area contributed by atoms with Crippen LogP contribution in [0.2, 0.25) is 0 Å². The molecule has 0 saturated carbocycles. The predicted octanol–water partition coefficient (Wildman–Crippen LogP) is 2.44. The molecule has 84 valence electrons. The molecule has 0 unspecified atom stereocenters. The highest BCUT2D eigenvalue weighted by Gasteiger charge is 2.02. The molecular weight excluding hydrogens is 198 g/mol. The Morgan fingerprint density at radius 1 is 1.12 bits per heavy atom. The second-order valence-electron chi connectivity index (χ2n) is 4.31. The van der Waals surface area contributed by atoms with E-state index in [0.29, 0.717) is 5.82 Å². The van der Waals surface area contributed by atoms with Gasteiger partial charge in [-0.1, -0.05) is 18.2 Å². The summed E-state index contributed by atoms with van der Waals surface area (Å²) in [5, 5.41) is 4.25. The van der Waals surface area contributed by atoms with Gasteiger partial charge in [0.2, 0.25) is 0 Å². The van der Waals surface area contributed by atoms with Crippen LogP contribution in [0.1, 0.15) is 22.3 Å². The fraction of sp³-hybridized carbons (Fsp3) is 0.308. The monoisotopic (exact) mass is 215 g/mol. The average molecular weight is 215 g/mol. The van der Waals surface area contributed by atoms with Gasteiger partial charge in [-0.25, -0.2) is 0 Å². The average Bonchev–Trinajstić information content (AvgIpc) is 2.52. The van der Waals surface area contributed by atoms with Crippen molar-refractivity contribution < 1.29 is 0 Å². The molecule has 1 heterocycles. The minimum Gasteiger partial charge on any atom is -0.382 e. The van der Waals surface area contributed by atoms with E-state index in [9.17, 15) is 0 Å². The highest BCUT2D eigenvalue weighted by atomic mass is 15.3. The van der Waals surface area contributed by atoms with Gasteiger partial charge < -0.3 is 5.73 Å². The zero-order valence-corrected chi connectivity index (χ0v) is 9.99. The molecule has 0 radical (unpaired) electrons. The quantitative estimate of drug-likeness (QED) is 0.836. The molecule has 2 aromatic rings. The number of benzene rings is 1. The van der Waals surface area contributed by atoms with Crippen molar-refractivity contribution in [1.82, 2.24) is 9.78 Å². The topological polar surface area (TPSA) is 43.8 Å². The Morgan fingerprint density at radius 3 is 2.44 bits per heavy atom. The molecule has 0 bridgehead atoms. The van der Waals surface area contributed by atoms with E-state index in [1.165, 1.54) is 16.7 Å². The van der Waals surface area contributed by atoms with E-state index in [1.807, 2.05) is 17.8 Å². The van der Waals surface area contributed by atoms with Crippen molar-refractivity contribution in [2.45, 2.75) is 27.3 Å². The summed E-state index contributed by atoms with van der Waals surface area (Å²) in [5.74, 6) is 0.615. The van der Waals surface area contributed by atoms with Crippen LogP contribution in [-0.4, -0.2) is 9.78 Å². The van der Waals surface area contributed by atoms with E-state index >= 15 is 0 Å². The zero-order valence-electron chi connectivity index (χ0n) is 9.99. The number of nitrogen functional groups attached to an aromatic ring is 1. The summed E-state index contributed by atoms with van der Waals surface area (Å²) in [6.45, 7) is 7.00. The van der Waals surface area contributed by atoms with Crippen molar-refractivity contribution in [3.63, 3.8) is 0 Å². The van der Waals surface area contributed by atoms with E-state index in [2.05, 4.69) is 37.1 Å². The largest absolute Gasteiger partial charge is 0.382 e. The number of aryl methyl sites for hydroxylation is 3. The standard InChI is InChI=1S/C13H17N3/c1-9-4-5-12(6-10(9)2)8-16-7-11(3)13(14)15-16/h4-7H,8H2,1-3H3,(H2,14,15). The lowest BCUT2D eigenvalue weighted by Gasteiger charge is -2.05. The van der Waals surface area contributed by atoms with Gasteiger partial charge in [-0.3, -0.25) is 4.68 Å². The molecule has 16 heavy (non-hydrogen) atoms. The molecule has 1 aromatic carbocycles. The van der Waals surface area contributed by atoms with Gasteiger partial charge in [-0.2, -0.15) is 5.10 Å². The van der Waals surface area contributed by atoms with Crippen molar-refractivity contribution >= 4 is 5.82 Å². The molecule has 1 aromatic heterocycles. The maximum absolute atomic E-state index is 5.72. The summed E-state index contributed by atoms with van der Waals surface area (Å²) in [6.07, 6.45) is 1.98. The minimum absolute atomic E-state index is 0.615. The maximum Gasteiger partial charge on any atom is 0.148 e. The van der Waals surface area contributed by atoms with Crippen LogP contribution in [0.25, 0.3) is 0 Å². The van der Waals surface area contributed by atoms with Crippen LogP contribution >= 0.6 is 0 Å². The summed E-state index contributed by atoms with van der Waals surface area (Å²) >= 11 is 0. The van der Waals surface area contributed by atoms with E-state index in [4.69, 9.17) is 5.73 Å². The molecule has 0 aliphatic heterocycles. The van der Waals surface area contributed by atoms with E-state index in [-0.39, 0.29) is 0 Å². The second kappa shape index (κ2) is 4.00. The zero-order chi connectivity index (χ0) is 11.7. The highest BCUT2D eigenvalue weighted by molar-refractivity contribution is 5.36. The van der Waals surface area contributed by atoms with Crippen LogP contribution in [0.15, 0.2) is 24.4 Å². The second-order valence-corrected chi connectivity index (χ2v) is 4.31. The summed E-state index contributed by atoms with van der Waals surface area (Å²) in [4.78, 5) is 0. The number of hydrogen-bond acceptors (Lipinski definition) is 2. The van der Waals surface area contributed by atoms with Crippen molar-refractivity contribution in [2.24, 2.45) is 0 Å². The van der Waals surface area contributed by atoms with Gasteiger partial charge in [0, 0.05) is 11.8 Å². The van der Waals surface area contributed by atoms with Gasteiger partial charge in [-0.05, 0) is 37.5 Å². The van der Waals surface area contributed by atoms with Crippen molar-refractivity contribution in [2.75, 3.05) is 5.73 Å². The first-order valence-electron chi connectivity index (χ1n) is 5.42. The third-order valence-corrected chi connectivity index (χ3v) is 2.90. The Bertz CT molecular complexity index is 492. The van der Waals surface area contributed by atoms with Crippen LogP contribution in [0.3, 0.4) is 0 Å². The number of nitrogens with two attached hydrogens (primary N) is 1. The van der Waals surface area contributed by atoms with Gasteiger partial charge >= 0.3 is 0 Å².